The standard InChI is InChI=1S/C24H28N2O5/c1-29-21-10-8-20(22(16-21)30-2)9-11-24(28)31-18-23(27)26-14-12-25(13-15-26)17-19-6-4-3-5-7-19/h3-11,16H,12-15,17-18H2,1-2H3/b11-9+. The van der Waals surface area contributed by atoms with Crippen LogP contribution in [0.3, 0.4) is 0 Å². The number of hydrogen-bond acceptors (Lipinski definition) is 6. The molecular weight excluding hydrogens is 396 g/mol. The van der Waals surface area contributed by atoms with Crippen molar-refractivity contribution < 1.29 is 23.8 Å². The Morgan fingerprint density at radius 1 is 0.968 bits per heavy atom. The second-order valence-corrected chi connectivity index (χ2v) is 7.19. The fraction of sp³-hybridized carbons (Fsp3) is 0.333. The fourth-order valence-electron chi connectivity index (χ4n) is 3.38. The molecule has 0 saturated carbocycles. The number of carbonyl (C=O) groups is 2. The molecular formula is C24H28N2O5. The number of nitrogens with zero attached hydrogens (tertiary/aromatic N) is 2. The smallest absolute Gasteiger partial charge is 0.331 e. The van der Waals surface area contributed by atoms with Crippen LogP contribution in [0.2, 0.25) is 0 Å². The van der Waals surface area contributed by atoms with Gasteiger partial charge in [0.25, 0.3) is 5.91 Å². The third-order valence-corrected chi connectivity index (χ3v) is 5.15. The summed E-state index contributed by atoms with van der Waals surface area (Å²) < 4.78 is 15.6. The summed E-state index contributed by atoms with van der Waals surface area (Å²) in [4.78, 5) is 28.5. The van der Waals surface area contributed by atoms with E-state index in [2.05, 4.69) is 17.0 Å². The van der Waals surface area contributed by atoms with Gasteiger partial charge in [-0.15, -0.1) is 0 Å². The van der Waals surface area contributed by atoms with Gasteiger partial charge in [0.1, 0.15) is 11.5 Å². The number of rotatable bonds is 8. The van der Waals surface area contributed by atoms with Gasteiger partial charge in [-0.1, -0.05) is 30.3 Å². The highest BCUT2D eigenvalue weighted by molar-refractivity contribution is 5.89. The van der Waals surface area contributed by atoms with Crippen LogP contribution in [0, 0.1) is 0 Å². The van der Waals surface area contributed by atoms with E-state index in [-0.39, 0.29) is 12.5 Å². The Bertz CT molecular complexity index is 905. The van der Waals surface area contributed by atoms with Crippen molar-refractivity contribution in [3.63, 3.8) is 0 Å². The van der Waals surface area contributed by atoms with Crippen LogP contribution in [0.25, 0.3) is 6.08 Å². The molecule has 0 atom stereocenters. The topological polar surface area (TPSA) is 68.3 Å². The van der Waals surface area contributed by atoms with E-state index in [0.29, 0.717) is 30.2 Å². The van der Waals surface area contributed by atoms with E-state index in [0.717, 1.165) is 19.6 Å². The van der Waals surface area contributed by atoms with Crippen molar-refractivity contribution >= 4 is 18.0 Å². The van der Waals surface area contributed by atoms with Crippen LogP contribution in [0.1, 0.15) is 11.1 Å². The van der Waals surface area contributed by atoms with E-state index in [9.17, 15) is 9.59 Å². The first-order chi connectivity index (χ1) is 15.1. The molecule has 0 N–H and O–H groups in total. The molecule has 7 heteroatoms. The second-order valence-electron chi connectivity index (χ2n) is 7.19. The molecule has 1 saturated heterocycles. The molecule has 2 aromatic rings. The van der Waals surface area contributed by atoms with Gasteiger partial charge in [-0.3, -0.25) is 9.69 Å². The molecule has 31 heavy (non-hydrogen) atoms. The Hall–Kier alpha value is -3.32. The van der Waals surface area contributed by atoms with Gasteiger partial charge in [0, 0.05) is 50.4 Å². The van der Waals surface area contributed by atoms with Crippen LogP contribution in [0.15, 0.2) is 54.6 Å². The number of esters is 1. The second kappa shape index (κ2) is 11.2. The van der Waals surface area contributed by atoms with Crippen molar-refractivity contribution in [1.82, 2.24) is 9.80 Å². The molecule has 0 aliphatic carbocycles. The first-order valence-electron chi connectivity index (χ1n) is 10.2. The van der Waals surface area contributed by atoms with Gasteiger partial charge in [-0.2, -0.15) is 0 Å². The number of hydrogen-bond donors (Lipinski definition) is 0. The molecule has 0 radical (unpaired) electrons. The Labute approximate surface area is 182 Å². The van der Waals surface area contributed by atoms with Gasteiger partial charge in [-0.25, -0.2) is 4.79 Å². The zero-order valence-electron chi connectivity index (χ0n) is 18.0. The molecule has 164 valence electrons. The van der Waals surface area contributed by atoms with Gasteiger partial charge in [0.05, 0.1) is 14.2 Å². The maximum atomic E-state index is 12.4. The predicted molar refractivity (Wildman–Crippen MR) is 118 cm³/mol. The van der Waals surface area contributed by atoms with Crippen LogP contribution in [0.5, 0.6) is 11.5 Å². The van der Waals surface area contributed by atoms with Crippen LogP contribution >= 0.6 is 0 Å². The van der Waals surface area contributed by atoms with Crippen molar-refractivity contribution in [3.8, 4) is 11.5 Å². The largest absolute Gasteiger partial charge is 0.497 e. The Morgan fingerprint density at radius 3 is 2.39 bits per heavy atom. The van der Waals surface area contributed by atoms with Crippen molar-refractivity contribution in [2.45, 2.75) is 6.54 Å². The van der Waals surface area contributed by atoms with E-state index in [1.165, 1.54) is 11.6 Å². The first kappa shape index (κ1) is 22.4. The lowest BCUT2D eigenvalue weighted by molar-refractivity contribution is -0.149. The minimum absolute atomic E-state index is 0.178. The summed E-state index contributed by atoms with van der Waals surface area (Å²) in [5.41, 5.74) is 1.97. The Morgan fingerprint density at radius 2 is 1.71 bits per heavy atom. The molecule has 0 bridgehead atoms. The molecule has 1 amide bonds. The Balaban J connectivity index is 1.42. The molecule has 1 fully saturated rings. The quantitative estimate of drug-likeness (QED) is 0.479. The van der Waals surface area contributed by atoms with Crippen LogP contribution in [-0.4, -0.2) is 68.7 Å². The minimum atomic E-state index is -0.575. The number of benzene rings is 2. The normalized spacial score (nSPS) is 14.5. The lowest BCUT2D eigenvalue weighted by Crippen LogP contribution is -2.49. The minimum Gasteiger partial charge on any atom is -0.497 e. The molecule has 0 aromatic heterocycles. The SMILES string of the molecule is COc1ccc(/C=C/C(=O)OCC(=O)N2CCN(Cc3ccccc3)CC2)c(OC)c1. The fourth-order valence-corrected chi connectivity index (χ4v) is 3.38. The van der Waals surface area contributed by atoms with E-state index >= 15 is 0 Å². The zero-order chi connectivity index (χ0) is 22.1. The van der Waals surface area contributed by atoms with Gasteiger partial charge >= 0.3 is 5.97 Å². The van der Waals surface area contributed by atoms with E-state index in [1.807, 2.05) is 18.2 Å². The van der Waals surface area contributed by atoms with E-state index < -0.39 is 5.97 Å². The summed E-state index contributed by atoms with van der Waals surface area (Å²) in [7, 11) is 3.12. The van der Waals surface area contributed by atoms with Gasteiger partial charge < -0.3 is 19.1 Å². The number of carbonyl (C=O) groups excluding carboxylic acids is 2. The highest BCUT2D eigenvalue weighted by Gasteiger charge is 2.21. The monoisotopic (exact) mass is 424 g/mol. The molecule has 1 aliphatic heterocycles. The maximum Gasteiger partial charge on any atom is 0.331 e. The average molecular weight is 424 g/mol. The van der Waals surface area contributed by atoms with Crippen molar-refractivity contribution in [3.05, 3.63) is 65.7 Å². The highest BCUT2D eigenvalue weighted by atomic mass is 16.5. The van der Waals surface area contributed by atoms with Gasteiger partial charge in [0.2, 0.25) is 0 Å². The number of amides is 1. The summed E-state index contributed by atoms with van der Waals surface area (Å²) in [6, 6.07) is 15.6. The number of piperazine rings is 1. The van der Waals surface area contributed by atoms with Gasteiger partial charge in [0.15, 0.2) is 6.61 Å². The average Bonchev–Trinajstić information content (AvgIpc) is 2.82. The lowest BCUT2D eigenvalue weighted by atomic mass is 10.2. The molecule has 1 heterocycles. The molecule has 3 rings (SSSR count). The summed E-state index contributed by atoms with van der Waals surface area (Å²) in [6.07, 6.45) is 2.88. The van der Waals surface area contributed by atoms with Crippen LogP contribution in [0.4, 0.5) is 0 Å². The molecule has 0 spiro atoms. The lowest BCUT2D eigenvalue weighted by Gasteiger charge is -2.34. The van der Waals surface area contributed by atoms with E-state index in [4.69, 9.17) is 14.2 Å². The van der Waals surface area contributed by atoms with Crippen molar-refractivity contribution in [1.29, 1.82) is 0 Å². The summed E-state index contributed by atoms with van der Waals surface area (Å²) in [6.45, 7) is 3.46. The zero-order valence-corrected chi connectivity index (χ0v) is 18.0. The van der Waals surface area contributed by atoms with Crippen LogP contribution < -0.4 is 9.47 Å². The third kappa shape index (κ3) is 6.58. The van der Waals surface area contributed by atoms with Crippen LogP contribution in [-0.2, 0) is 20.9 Å². The van der Waals surface area contributed by atoms with Gasteiger partial charge in [-0.05, 0) is 23.8 Å². The van der Waals surface area contributed by atoms with Crippen molar-refractivity contribution in [2.75, 3.05) is 47.0 Å². The predicted octanol–water partition coefficient (Wildman–Crippen LogP) is 2.60. The van der Waals surface area contributed by atoms with Crippen molar-refractivity contribution in [2.24, 2.45) is 0 Å². The first-order valence-corrected chi connectivity index (χ1v) is 10.2. The highest BCUT2D eigenvalue weighted by Crippen LogP contribution is 2.25. The summed E-state index contributed by atoms with van der Waals surface area (Å²) >= 11 is 0. The number of methoxy groups -OCH3 is 2. The molecule has 0 unspecified atom stereocenters. The molecule has 7 nitrogen and oxygen atoms in total. The maximum absolute atomic E-state index is 12.4. The Kier molecular flexibility index (Phi) is 8.06. The summed E-state index contributed by atoms with van der Waals surface area (Å²) in [5, 5.41) is 0. The summed E-state index contributed by atoms with van der Waals surface area (Å²) in [5.74, 6) is 0.482. The molecule has 1 aliphatic rings. The van der Waals surface area contributed by atoms with E-state index in [1.54, 1.807) is 43.4 Å². The number of ether oxygens (including phenoxy) is 3. The third-order valence-electron chi connectivity index (χ3n) is 5.15. The molecule has 2 aromatic carbocycles.